The molecule has 2 rings (SSSR count). The average molecular weight is 313 g/mol. The Hall–Kier alpha value is -2.35. The summed E-state index contributed by atoms with van der Waals surface area (Å²) in [5, 5.41) is 14.0. The first kappa shape index (κ1) is 17.0. The van der Waals surface area contributed by atoms with Gasteiger partial charge in [0.1, 0.15) is 12.6 Å². The second-order valence-corrected chi connectivity index (χ2v) is 6.01. The van der Waals surface area contributed by atoms with Gasteiger partial charge in [-0.1, -0.05) is 50.3 Å². The fourth-order valence-corrected chi connectivity index (χ4v) is 3.07. The molecule has 0 aromatic heterocycles. The Morgan fingerprint density at radius 1 is 1.17 bits per heavy atom. The SMILES string of the molecule is N#CCNC(=O)[C@@H](CC1CCCCC1)NC(=O)c1ccccc1. The summed E-state index contributed by atoms with van der Waals surface area (Å²) in [6.07, 6.45) is 6.45. The minimum Gasteiger partial charge on any atom is -0.341 e. The first-order valence-electron chi connectivity index (χ1n) is 8.21. The fourth-order valence-electron chi connectivity index (χ4n) is 3.07. The summed E-state index contributed by atoms with van der Waals surface area (Å²) in [4.78, 5) is 24.6. The third-order valence-corrected chi connectivity index (χ3v) is 4.29. The lowest BCUT2D eigenvalue weighted by molar-refractivity contribution is -0.123. The van der Waals surface area contributed by atoms with Crippen LogP contribution in [0.1, 0.15) is 48.9 Å². The number of amides is 2. The number of carbonyl (C=O) groups is 2. The Balaban J connectivity index is 2.01. The van der Waals surface area contributed by atoms with Crippen LogP contribution in [-0.2, 0) is 4.79 Å². The van der Waals surface area contributed by atoms with Gasteiger partial charge in [-0.15, -0.1) is 0 Å². The number of nitrogens with zero attached hydrogens (tertiary/aromatic N) is 1. The Bertz CT molecular complexity index is 559. The van der Waals surface area contributed by atoms with Gasteiger partial charge >= 0.3 is 0 Å². The van der Waals surface area contributed by atoms with E-state index < -0.39 is 6.04 Å². The van der Waals surface area contributed by atoms with Gasteiger partial charge in [0.25, 0.3) is 5.91 Å². The lowest BCUT2D eigenvalue weighted by Gasteiger charge is -2.26. The second kappa shape index (κ2) is 8.94. The van der Waals surface area contributed by atoms with E-state index in [4.69, 9.17) is 5.26 Å². The number of nitrogens with one attached hydrogen (secondary N) is 2. The maximum atomic E-state index is 12.3. The maximum absolute atomic E-state index is 12.3. The summed E-state index contributed by atoms with van der Waals surface area (Å²) in [7, 11) is 0. The van der Waals surface area contributed by atoms with Crippen LogP contribution in [0.3, 0.4) is 0 Å². The molecule has 2 amide bonds. The lowest BCUT2D eigenvalue weighted by Crippen LogP contribution is -2.48. The molecule has 5 nitrogen and oxygen atoms in total. The summed E-state index contributed by atoms with van der Waals surface area (Å²) in [5.74, 6) is -0.0717. The molecule has 0 saturated heterocycles. The van der Waals surface area contributed by atoms with E-state index >= 15 is 0 Å². The van der Waals surface area contributed by atoms with Crippen LogP contribution in [0.4, 0.5) is 0 Å². The predicted octanol–water partition coefficient (Wildman–Crippen LogP) is 2.40. The van der Waals surface area contributed by atoms with Crippen molar-refractivity contribution in [3.8, 4) is 6.07 Å². The highest BCUT2D eigenvalue weighted by atomic mass is 16.2. The van der Waals surface area contributed by atoms with E-state index in [1.165, 1.54) is 19.3 Å². The van der Waals surface area contributed by atoms with Crippen molar-refractivity contribution >= 4 is 11.8 Å². The van der Waals surface area contributed by atoms with Crippen molar-refractivity contribution in [1.29, 1.82) is 5.26 Å². The zero-order valence-corrected chi connectivity index (χ0v) is 13.3. The predicted molar refractivity (Wildman–Crippen MR) is 87.5 cm³/mol. The highest BCUT2D eigenvalue weighted by Crippen LogP contribution is 2.27. The molecule has 23 heavy (non-hydrogen) atoms. The Morgan fingerprint density at radius 2 is 1.87 bits per heavy atom. The smallest absolute Gasteiger partial charge is 0.251 e. The van der Waals surface area contributed by atoms with Crippen LogP contribution in [0.2, 0.25) is 0 Å². The molecule has 1 aliphatic carbocycles. The van der Waals surface area contributed by atoms with E-state index in [0.717, 1.165) is 12.8 Å². The molecular formula is C18H23N3O2. The first-order valence-corrected chi connectivity index (χ1v) is 8.21. The molecule has 1 atom stereocenters. The molecule has 0 unspecified atom stereocenters. The third-order valence-electron chi connectivity index (χ3n) is 4.29. The Labute approximate surface area is 137 Å². The summed E-state index contributed by atoms with van der Waals surface area (Å²) in [5.41, 5.74) is 0.536. The minimum absolute atomic E-state index is 0.0405. The zero-order valence-electron chi connectivity index (χ0n) is 13.3. The minimum atomic E-state index is -0.584. The highest BCUT2D eigenvalue weighted by molar-refractivity contribution is 5.97. The van der Waals surface area contributed by atoms with E-state index in [1.807, 2.05) is 12.1 Å². The summed E-state index contributed by atoms with van der Waals surface area (Å²) >= 11 is 0. The van der Waals surface area contributed by atoms with Gasteiger partial charge in [-0.25, -0.2) is 0 Å². The van der Waals surface area contributed by atoms with E-state index in [0.29, 0.717) is 17.9 Å². The van der Waals surface area contributed by atoms with E-state index in [-0.39, 0.29) is 18.4 Å². The van der Waals surface area contributed by atoms with Crippen LogP contribution in [0, 0.1) is 17.2 Å². The van der Waals surface area contributed by atoms with E-state index in [9.17, 15) is 9.59 Å². The van der Waals surface area contributed by atoms with Crippen LogP contribution in [0.25, 0.3) is 0 Å². The Kier molecular flexibility index (Phi) is 6.61. The number of benzene rings is 1. The van der Waals surface area contributed by atoms with Crippen molar-refractivity contribution in [3.05, 3.63) is 35.9 Å². The zero-order chi connectivity index (χ0) is 16.5. The average Bonchev–Trinajstić information content (AvgIpc) is 2.60. The molecule has 0 radical (unpaired) electrons. The summed E-state index contributed by atoms with van der Waals surface area (Å²) < 4.78 is 0. The van der Waals surface area contributed by atoms with Crippen molar-refractivity contribution in [1.82, 2.24) is 10.6 Å². The molecule has 2 N–H and O–H groups in total. The highest BCUT2D eigenvalue weighted by Gasteiger charge is 2.26. The van der Waals surface area contributed by atoms with Crippen LogP contribution >= 0.6 is 0 Å². The van der Waals surface area contributed by atoms with Crippen molar-refractivity contribution in [2.24, 2.45) is 5.92 Å². The van der Waals surface area contributed by atoms with Gasteiger partial charge in [0.2, 0.25) is 5.91 Å². The fraction of sp³-hybridized carbons (Fsp3) is 0.500. The largest absolute Gasteiger partial charge is 0.341 e. The number of rotatable bonds is 6. The van der Waals surface area contributed by atoms with Crippen molar-refractivity contribution < 1.29 is 9.59 Å². The monoisotopic (exact) mass is 313 g/mol. The second-order valence-electron chi connectivity index (χ2n) is 6.01. The molecule has 0 aliphatic heterocycles. The lowest BCUT2D eigenvalue weighted by atomic mass is 9.84. The summed E-state index contributed by atoms with van der Waals surface area (Å²) in [6, 6.07) is 10.2. The van der Waals surface area contributed by atoms with Gasteiger partial charge in [-0.05, 0) is 24.5 Å². The van der Waals surface area contributed by atoms with Crippen molar-refractivity contribution in [2.45, 2.75) is 44.6 Å². The topological polar surface area (TPSA) is 82.0 Å². The molecule has 0 spiro atoms. The molecule has 5 heteroatoms. The molecule has 1 aliphatic rings. The normalized spacial score (nSPS) is 16.1. The van der Waals surface area contributed by atoms with Crippen molar-refractivity contribution in [2.75, 3.05) is 6.54 Å². The molecule has 0 heterocycles. The number of hydrogen-bond acceptors (Lipinski definition) is 3. The molecule has 0 bridgehead atoms. The molecule has 1 fully saturated rings. The van der Waals surface area contributed by atoms with Crippen LogP contribution in [0.15, 0.2) is 30.3 Å². The van der Waals surface area contributed by atoms with Gasteiger partial charge in [0.05, 0.1) is 6.07 Å². The molecular weight excluding hydrogens is 290 g/mol. The molecule has 1 saturated carbocycles. The standard InChI is InChI=1S/C18H23N3O2/c19-11-12-20-18(23)16(13-14-7-3-1-4-8-14)21-17(22)15-9-5-2-6-10-15/h2,5-6,9-10,14,16H,1,3-4,7-8,12-13H2,(H,20,23)(H,21,22)/t16-/m1/s1. The quantitative estimate of drug-likeness (QED) is 0.791. The molecule has 122 valence electrons. The number of carbonyl (C=O) groups excluding carboxylic acids is 2. The van der Waals surface area contributed by atoms with E-state index in [2.05, 4.69) is 10.6 Å². The van der Waals surface area contributed by atoms with E-state index in [1.54, 1.807) is 24.3 Å². The third kappa shape index (κ3) is 5.41. The maximum Gasteiger partial charge on any atom is 0.251 e. The van der Waals surface area contributed by atoms with Gasteiger partial charge in [-0.3, -0.25) is 9.59 Å². The van der Waals surface area contributed by atoms with Crippen molar-refractivity contribution in [3.63, 3.8) is 0 Å². The Morgan fingerprint density at radius 3 is 2.52 bits per heavy atom. The number of hydrogen-bond donors (Lipinski definition) is 2. The molecule has 1 aromatic rings. The van der Waals surface area contributed by atoms with Gasteiger partial charge in [0.15, 0.2) is 0 Å². The number of nitriles is 1. The van der Waals surface area contributed by atoms with Gasteiger partial charge in [0, 0.05) is 5.56 Å². The van der Waals surface area contributed by atoms with Crippen LogP contribution in [-0.4, -0.2) is 24.4 Å². The molecule has 1 aromatic carbocycles. The summed E-state index contributed by atoms with van der Waals surface area (Å²) in [6.45, 7) is -0.0405. The van der Waals surface area contributed by atoms with Crippen LogP contribution < -0.4 is 10.6 Å². The van der Waals surface area contributed by atoms with Crippen LogP contribution in [0.5, 0.6) is 0 Å². The van der Waals surface area contributed by atoms with Gasteiger partial charge < -0.3 is 10.6 Å². The first-order chi connectivity index (χ1) is 11.2. The van der Waals surface area contributed by atoms with Gasteiger partial charge in [-0.2, -0.15) is 5.26 Å².